The number of carboxylic acid groups (broad SMARTS) is 1. The molecule has 0 radical (unpaired) electrons. The first-order chi connectivity index (χ1) is 5.36. The summed E-state index contributed by atoms with van der Waals surface area (Å²) in [5, 5.41) is 8.84. The highest BCUT2D eigenvalue weighted by Gasteiger charge is 2.40. The van der Waals surface area contributed by atoms with Crippen molar-refractivity contribution in [1.82, 2.24) is 0 Å². The molecule has 0 unspecified atom stereocenters. The summed E-state index contributed by atoms with van der Waals surface area (Å²) in [5.41, 5.74) is 5.05. The minimum atomic E-state index is -0.949. The molecule has 0 aliphatic heterocycles. The normalized spacial score (nSPS) is 24.5. The van der Waals surface area contributed by atoms with E-state index in [0.29, 0.717) is 12.8 Å². The van der Waals surface area contributed by atoms with Crippen LogP contribution in [0, 0.1) is 5.41 Å². The molecule has 0 aromatic rings. The van der Waals surface area contributed by atoms with Gasteiger partial charge in [0.05, 0.1) is 0 Å². The largest absolute Gasteiger partial charge is 0.480 e. The molecule has 4 heteroatoms. The fourth-order valence-corrected chi connectivity index (χ4v) is 1.59. The van der Waals surface area contributed by atoms with Crippen LogP contribution in [0.1, 0.15) is 39.5 Å². The van der Waals surface area contributed by atoms with Crippen LogP contribution < -0.4 is 5.73 Å². The predicted molar refractivity (Wildman–Crippen MR) is 54.1 cm³/mol. The summed E-state index contributed by atoms with van der Waals surface area (Å²) < 4.78 is 0. The van der Waals surface area contributed by atoms with E-state index >= 15 is 0 Å². The van der Waals surface area contributed by atoms with Crippen LogP contribution in [0.15, 0.2) is 0 Å². The lowest BCUT2D eigenvalue weighted by Crippen LogP contribution is -2.51. The summed E-state index contributed by atoms with van der Waals surface area (Å²) in [7, 11) is 0. The Morgan fingerprint density at radius 2 is 1.62 bits per heavy atom. The van der Waals surface area contributed by atoms with Gasteiger partial charge in [-0.25, -0.2) is 0 Å². The maximum atomic E-state index is 10.8. The Labute approximate surface area is 85.1 Å². The quantitative estimate of drug-likeness (QED) is 0.689. The van der Waals surface area contributed by atoms with E-state index in [1.165, 1.54) is 0 Å². The Balaban J connectivity index is 0.00000144. The molecule has 1 saturated carbocycles. The molecule has 0 atom stereocenters. The summed E-state index contributed by atoms with van der Waals surface area (Å²) in [6.07, 6.45) is 3.04. The molecular weight excluding hydrogens is 190 g/mol. The summed E-state index contributed by atoms with van der Waals surface area (Å²) >= 11 is 0. The molecule has 1 rings (SSSR count). The monoisotopic (exact) mass is 207 g/mol. The third-order valence-electron chi connectivity index (χ3n) is 2.92. The lowest BCUT2D eigenvalue weighted by molar-refractivity contribution is -0.145. The number of carbonyl (C=O) groups is 1. The SMILES string of the molecule is CC1(C)CCC(N)(C(=O)O)CC1.Cl. The van der Waals surface area contributed by atoms with Gasteiger partial charge in [-0.1, -0.05) is 13.8 Å². The molecule has 13 heavy (non-hydrogen) atoms. The van der Waals surface area contributed by atoms with E-state index in [4.69, 9.17) is 10.8 Å². The lowest BCUT2D eigenvalue weighted by Gasteiger charge is -2.38. The number of aliphatic carboxylic acids is 1. The van der Waals surface area contributed by atoms with Crippen molar-refractivity contribution >= 4 is 18.4 Å². The molecule has 0 spiro atoms. The highest BCUT2D eigenvalue weighted by molar-refractivity contribution is 5.85. The van der Waals surface area contributed by atoms with Crippen molar-refractivity contribution in [3.05, 3.63) is 0 Å². The van der Waals surface area contributed by atoms with Crippen LogP contribution >= 0.6 is 12.4 Å². The Morgan fingerprint density at radius 1 is 1.23 bits per heavy atom. The molecule has 3 nitrogen and oxygen atoms in total. The summed E-state index contributed by atoms with van der Waals surface area (Å²) in [5.74, 6) is -0.849. The molecule has 0 amide bonds. The zero-order valence-corrected chi connectivity index (χ0v) is 8.99. The number of halogens is 1. The fraction of sp³-hybridized carbons (Fsp3) is 0.889. The smallest absolute Gasteiger partial charge is 0.323 e. The summed E-state index contributed by atoms with van der Waals surface area (Å²) in [6.45, 7) is 4.32. The summed E-state index contributed by atoms with van der Waals surface area (Å²) in [6, 6.07) is 0. The molecule has 1 fully saturated rings. The van der Waals surface area contributed by atoms with Crippen LogP contribution in [-0.2, 0) is 4.79 Å². The second-order valence-electron chi connectivity index (χ2n) is 4.63. The molecule has 3 N–H and O–H groups in total. The molecule has 78 valence electrons. The van der Waals surface area contributed by atoms with Crippen LogP contribution in [0.5, 0.6) is 0 Å². The van der Waals surface area contributed by atoms with Crippen molar-refractivity contribution in [3.8, 4) is 0 Å². The zero-order chi connectivity index (χ0) is 9.41. The van der Waals surface area contributed by atoms with Crippen molar-refractivity contribution in [2.75, 3.05) is 0 Å². The van der Waals surface area contributed by atoms with Crippen LogP contribution in [0.4, 0.5) is 0 Å². The Kier molecular flexibility index (Phi) is 3.76. The average molecular weight is 208 g/mol. The maximum absolute atomic E-state index is 10.8. The molecule has 0 bridgehead atoms. The molecule has 0 heterocycles. The van der Waals surface area contributed by atoms with Crippen molar-refractivity contribution in [2.45, 2.75) is 45.1 Å². The van der Waals surface area contributed by atoms with E-state index in [1.54, 1.807) is 0 Å². The van der Waals surface area contributed by atoms with Gasteiger partial charge in [-0.05, 0) is 31.1 Å². The average Bonchev–Trinajstić information content (AvgIpc) is 1.96. The van der Waals surface area contributed by atoms with Gasteiger partial charge in [-0.3, -0.25) is 4.79 Å². The van der Waals surface area contributed by atoms with Gasteiger partial charge in [0.1, 0.15) is 5.54 Å². The zero-order valence-electron chi connectivity index (χ0n) is 8.17. The first-order valence-electron chi connectivity index (χ1n) is 4.38. The molecular formula is C9H18ClNO2. The van der Waals surface area contributed by atoms with Crippen molar-refractivity contribution in [1.29, 1.82) is 0 Å². The summed E-state index contributed by atoms with van der Waals surface area (Å²) in [4.78, 5) is 10.8. The van der Waals surface area contributed by atoms with Crippen molar-refractivity contribution in [2.24, 2.45) is 11.1 Å². The van der Waals surface area contributed by atoms with E-state index in [2.05, 4.69) is 13.8 Å². The van der Waals surface area contributed by atoms with Gasteiger partial charge >= 0.3 is 5.97 Å². The maximum Gasteiger partial charge on any atom is 0.323 e. The van der Waals surface area contributed by atoms with Gasteiger partial charge in [0, 0.05) is 0 Å². The minimum Gasteiger partial charge on any atom is -0.480 e. The topological polar surface area (TPSA) is 63.3 Å². The molecule has 0 aromatic carbocycles. The number of hydrogen-bond acceptors (Lipinski definition) is 2. The molecule has 0 aromatic heterocycles. The second kappa shape index (κ2) is 3.84. The van der Waals surface area contributed by atoms with Gasteiger partial charge in [0.25, 0.3) is 0 Å². The van der Waals surface area contributed by atoms with Gasteiger partial charge in [0.2, 0.25) is 0 Å². The van der Waals surface area contributed by atoms with E-state index in [1.807, 2.05) is 0 Å². The number of hydrogen-bond donors (Lipinski definition) is 2. The van der Waals surface area contributed by atoms with Crippen molar-refractivity contribution < 1.29 is 9.90 Å². The second-order valence-corrected chi connectivity index (χ2v) is 4.63. The Hall–Kier alpha value is -0.280. The highest BCUT2D eigenvalue weighted by Crippen LogP contribution is 2.38. The van der Waals surface area contributed by atoms with Gasteiger partial charge < -0.3 is 10.8 Å². The Bertz CT molecular complexity index is 194. The highest BCUT2D eigenvalue weighted by atomic mass is 35.5. The number of carboxylic acids is 1. The number of nitrogens with two attached hydrogens (primary N) is 1. The van der Waals surface area contributed by atoms with Crippen molar-refractivity contribution in [3.63, 3.8) is 0 Å². The minimum absolute atomic E-state index is 0. The molecule has 1 aliphatic carbocycles. The third-order valence-corrected chi connectivity index (χ3v) is 2.92. The van der Waals surface area contributed by atoms with E-state index in [0.717, 1.165) is 12.8 Å². The predicted octanol–water partition coefficient (Wildman–Crippen LogP) is 1.79. The molecule has 0 saturated heterocycles. The van der Waals surface area contributed by atoms with Gasteiger partial charge in [0.15, 0.2) is 0 Å². The van der Waals surface area contributed by atoms with Gasteiger partial charge in [-0.15, -0.1) is 12.4 Å². The van der Waals surface area contributed by atoms with Crippen LogP contribution in [0.25, 0.3) is 0 Å². The fourth-order valence-electron chi connectivity index (χ4n) is 1.59. The van der Waals surface area contributed by atoms with E-state index in [9.17, 15) is 4.79 Å². The van der Waals surface area contributed by atoms with E-state index in [-0.39, 0.29) is 17.8 Å². The van der Waals surface area contributed by atoms with Crippen LogP contribution in [0.3, 0.4) is 0 Å². The standard InChI is InChI=1S/C9H17NO2.ClH/c1-8(2)3-5-9(10,6-4-8)7(11)12;/h3-6,10H2,1-2H3,(H,11,12);1H. The first-order valence-corrected chi connectivity index (χ1v) is 4.38. The third kappa shape index (κ3) is 2.85. The van der Waals surface area contributed by atoms with Crippen LogP contribution in [-0.4, -0.2) is 16.6 Å². The number of rotatable bonds is 1. The van der Waals surface area contributed by atoms with E-state index < -0.39 is 11.5 Å². The Morgan fingerprint density at radius 3 is 1.92 bits per heavy atom. The molecule has 1 aliphatic rings. The lowest BCUT2D eigenvalue weighted by atomic mass is 9.70. The first kappa shape index (κ1) is 12.7. The van der Waals surface area contributed by atoms with Gasteiger partial charge in [-0.2, -0.15) is 0 Å². The van der Waals surface area contributed by atoms with Crippen LogP contribution in [0.2, 0.25) is 0 Å².